The highest BCUT2D eigenvalue weighted by molar-refractivity contribution is 6.89. The van der Waals surface area contributed by atoms with Gasteiger partial charge in [-0.2, -0.15) is 0 Å². The Hall–Kier alpha value is -3.61. The lowest BCUT2D eigenvalue weighted by Crippen LogP contribution is -2.38. The fraction of sp³-hybridized carbons (Fsp3) is 0.300. The van der Waals surface area contributed by atoms with E-state index in [4.69, 9.17) is 0 Å². The predicted molar refractivity (Wildman–Crippen MR) is 200 cm³/mol. The second kappa shape index (κ2) is 9.95. The number of benzene rings is 6. The summed E-state index contributed by atoms with van der Waals surface area (Å²) in [6.07, 6.45) is 4.75. The summed E-state index contributed by atoms with van der Waals surface area (Å²) in [5.74, 6) is 0. The third-order valence-electron chi connectivity index (χ3n) is 10.3. The molecule has 0 saturated heterocycles. The zero-order chi connectivity index (χ0) is 30.4. The van der Waals surface area contributed by atoms with Gasteiger partial charge in [-0.1, -0.05) is 110 Å². The zero-order valence-corrected chi connectivity index (χ0v) is 29.2. The number of rotatable bonds is 4. The number of fused-ring (bicyclic) bond motifs is 2. The Bertz CT molecular complexity index is 1910. The van der Waals surface area contributed by atoms with Crippen LogP contribution in [-0.2, 0) is 12.8 Å². The average molecular weight is 609 g/mol. The Morgan fingerprint density at radius 2 is 0.841 bits per heavy atom. The molecular weight excluding hydrogens is 565 g/mol. The molecule has 0 fully saturated rings. The van der Waals surface area contributed by atoms with Crippen molar-refractivity contribution >= 4 is 81.6 Å². The Kier molecular flexibility index (Phi) is 6.31. The van der Waals surface area contributed by atoms with Gasteiger partial charge in [-0.15, -0.1) is 0 Å². The molecule has 6 aromatic rings. The van der Waals surface area contributed by atoms with E-state index in [1.54, 1.807) is 10.4 Å². The van der Waals surface area contributed by atoms with E-state index in [0.717, 1.165) is 13.1 Å². The van der Waals surface area contributed by atoms with Crippen molar-refractivity contribution in [1.82, 2.24) is 0 Å². The maximum Gasteiger partial charge on any atom is 0.0776 e. The quantitative estimate of drug-likeness (QED) is 0.145. The summed E-state index contributed by atoms with van der Waals surface area (Å²) >= 11 is 0. The first kappa shape index (κ1) is 27.9. The van der Waals surface area contributed by atoms with Gasteiger partial charge in [0, 0.05) is 46.6 Å². The number of hydrogen-bond acceptors (Lipinski definition) is 2. The summed E-state index contributed by atoms with van der Waals surface area (Å²) in [5, 5.41) is 11.4. The van der Waals surface area contributed by atoms with Crippen LogP contribution in [0.1, 0.15) is 24.0 Å². The number of hydrogen-bond donors (Lipinski definition) is 0. The topological polar surface area (TPSA) is 6.48 Å². The van der Waals surface area contributed by atoms with E-state index in [9.17, 15) is 0 Å². The summed E-state index contributed by atoms with van der Waals surface area (Å²) in [6.45, 7) is 16.9. The molecule has 2 heterocycles. The lowest BCUT2D eigenvalue weighted by molar-refractivity contribution is 0.769. The van der Waals surface area contributed by atoms with E-state index in [-0.39, 0.29) is 0 Å². The van der Waals surface area contributed by atoms with E-state index >= 15 is 0 Å². The minimum absolute atomic E-state index is 1.07. The minimum atomic E-state index is -1.36. The van der Waals surface area contributed by atoms with Gasteiger partial charge < -0.3 is 9.80 Å². The van der Waals surface area contributed by atoms with E-state index in [2.05, 4.69) is 134 Å². The van der Waals surface area contributed by atoms with Crippen molar-refractivity contribution in [3.05, 3.63) is 96.1 Å². The van der Waals surface area contributed by atoms with Gasteiger partial charge in [-0.25, -0.2) is 0 Å². The summed E-state index contributed by atoms with van der Waals surface area (Å²) in [7, 11) is -2.71. The first-order valence-corrected chi connectivity index (χ1v) is 23.6. The highest BCUT2D eigenvalue weighted by Crippen LogP contribution is 2.46. The molecule has 0 unspecified atom stereocenters. The number of nitrogens with zero attached hydrogens (tertiary/aromatic N) is 2. The lowest BCUT2D eigenvalue weighted by atomic mass is 9.91. The average Bonchev–Trinajstić information content (AvgIpc) is 3.01. The predicted octanol–water partition coefficient (Wildman–Crippen LogP) is 9.84. The van der Waals surface area contributed by atoms with E-state index in [1.165, 1.54) is 91.9 Å². The minimum Gasteiger partial charge on any atom is -0.341 e. The van der Waals surface area contributed by atoms with Gasteiger partial charge in [-0.3, -0.25) is 0 Å². The molecule has 0 spiro atoms. The summed E-state index contributed by atoms with van der Waals surface area (Å²) in [5.41, 5.74) is 8.53. The molecule has 0 amide bonds. The van der Waals surface area contributed by atoms with Gasteiger partial charge in [0.1, 0.15) is 0 Å². The zero-order valence-electron chi connectivity index (χ0n) is 27.2. The maximum absolute atomic E-state index is 2.61. The fourth-order valence-corrected chi connectivity index (χ4v) is 10.2. The second-order valence-corrected chi connectivity index (χ2v) is 25.4. The van der Waals surface area contributed by atoms with Crippen LogP contribution in [0.25, 0.3) is 32.3 Å². The van der Waals surface area contributed by atoms with Gasteiger partial charge >= 0.3 is 0 Å². The maximum atomic E-state index is 2.61. The molecular formula is C40H44N2Si2. The third kappa shape index (κ3) is 4.41. The highest BCUT2D eigenvalue weighted by atomic mass is 28.3. The van der Waals surface area contributed by atoms with Gasteiger partial charge in [0.05, 0.1) is 16.1 Å². The van der Waals surface area contributed by atoms with Crippen LogP contribution < -0.4 is 20.2 Å². The van der Waals surface area contributed by atoms with E-state index in [0.29, 0.717) is 0 Å². The van der Waals surface area contributed by atoms with Crippen molar-refractivity contribution in [1.29, 1.82) is 0 Å². The third-order valence-corrected chi connectivity index (χ3v) is 14.4. The van der Waals surface area contributed by atoms with Crippen LogP contribution in [-0.4, -0.2) is 29.2 Å². The van der Waals surface area contributed by atoms with Crippen LogP contribution in [0, 0.1) is 0 Å². The molecule has 2 aliphatic heterocycles. The van der Waals surface area contributed by atoms with Gasteiger partial charge in [0.25, 0.3) is 0 Å². The molecule has 0 atom stereocenters. The molecule has 6 aromatic carbocycles. The molecule has 2 aliphatic rings. The van der Waals surface area contributed by atoms with Crippen LogP contribution in [0.2, 0.25) is 39.3 Å². The molecule has 0 saturated carbocycles. The summed E-state index contributed by atoms with van der Waals surface area (Å²) < 4.78 is 0. The van der Waals surface area contributed by atoms with Crippen LogP contribution in [0.3, 0.4) is 0 Å². The smallest absolute Gasteiger partial charge is 0.0776 e. The molecule has 0 N–H and O–H groups in total. The van der Waals surface area contributed by atoms with Crippen molar-refractivity contribution in [2.45, 2.75) is 65.0 Å². The van der Waals surface area contributed by atoms with Crippen LogP contribution >= 0.6 is 0 Å². The van der Waals surface area contributed by atoms with Crippen molar-refractivity contribution in [2.24, 2.45) is 0 Å². The molecule has 0 radical (unpaired) electrons. The van der Waals surface area contributed by atoms with Gasteiger partial charge in [0.15, 0.2) is 0 Å². The molecule has 44 heavy (non-hydrogen) atoms. The van der Waals surface area contributed by atoms with E-state index < -0.39 is 16.1 Å². The molecule has 0 aromatic heterocycles. The standard InChI is InChI=1S/C40H44N2Si2/c1-43(2,3)31-15-21-35-29(25-31)9-7-23-41(35)37-19-13-27-12-18-34-38(20-14-28-11-17-33(37)39(27)40(28)34)42-24-8-10-30-26-32(44(4,5)6)16-22-36(30)42/h11-22,25-26H,7-10,23-24H2,1-6H3. The lowest BCUT2D eigenvalue weighted by Gasteiger charge is -2.34. The molecule has 0 aliphatic carbocycles. The summed E-state index contributed by atoms with van der Waals surface area (Å²) in [6, 6.07) is 33.7. The monoisotopic (exact) mass is 608 g/mol. The second-order valence-electron chi connectivity index (χ2n) is 15.3. The molecule has 222 valence electrons. The van der Waals surface area contributed by atoms with Crippen LogP contribution in [0.4, 0.5) is 22.7 Å². The van der Waals surface area contributed by atoms with E-state index in [1.807, 2.05) is 0 Å². The van der Waals surface area contributed by atoms with Crippen LogP contribution in [0.15, 0.2) is 84.9 Å². The first-order valence-electron chi connectivity index (χ1n) is 16.6. The fourth-order valence-electron chi connectivity index (χ4n) is 7.87. The Balaban J connectivity index is 1.29. The van der Waals surface area contributed by atoms with Gasteiger partial charge in [-0.05, 0) is 82.6 Å². The van der Waals surface area contributed by atoms with Crippen molar-refractivity contribution in [3.63, 3.8) is 0 Å². The summed E-state index contributed by atoms with van der Waals surface area (Å²) in [4.78, 5) is 5.22. The molecule has 8 rings (SSSR count). The molecule has 0 bridgehead atoms. The van der Waals surface area contributed by atoms with Crippen LogP contribution in [0.5, 0.6) is 0 Å². The van der Waals surface area contributed by atoms with Crippen molar-refractivity contribution < 1.29 is 0 Å². The molecule has 4 heteroatoms. The Morgan fingerprint density at radius 1 is 0.455 bits per heavy atom. The van der Waals surface area contributed by atoms with Crippen molar-refractivity contribution in [2.75, 3.05) is 22.9 Å². The first-order chi connectivity index (χ1) is 21.1. The SMILES string of the molecule is C[Si](C)(C)c1ccc2c(c1)CCCN2c1ccc2ccc3c(N4CCCc5cc([Si](C)(C)C)ccc54)ccc4ccc1c2c43. The van der Waals surface area contributed by atoms with Gasteiger partial charge in [0.2, 0.25) is 0 Å². The molecule has 2 nitrogen and oxygen atoms in total. The Morgan fingerprint density at radius 3 is 1.25 bits per heavy atom. The normalized spacial score (nSPS) is 15.8. The Labute approximate surface area is 264 Å². The highest BCUT2D eigenvalue weighted by Gasteiger charge is 2.27. The van der Waals surface area contributed by atoms with Crippen molar-refractivity contribution in [3.8, 4) is 0 Å². The number of aryl methyl sites for hydroxylation is 2. The largest absolute Gasteiger partial charge is 0.341 e. The number of anilines is 4.